The summed E-state index contributed by atoms with van der Waals surface area (Å²) in [4.78, 5) is 33.6. The van der Waals surface area contributed by atoms with E-state index in [9.17, 15) is 19.7 Å². The highest BCUT2D eigenvalue weighted by molar-refractivity contribution is 7.17. The number of carbonyl (C=O) groups is 2. The summed E-state index contributed by atoms with van der Waals surface area (Å²) in [7, 11) is 0. The van der Waals surface area contributed by atoms with Crippen molar-refractivity contribution in [2.75, 3.05) is 6.61 Å². The Morgan fingerprint density at radius 3 is 2.77 bits per heavy atom. The number of nitro groups is 1. The van der Waals surface area contributed by atoms with Gasteiger partial charge in [-0.15, -0.1) is 0 Å². The van der Waals surface area contributed by atoms with Crippen LogP contribution in [0.2, 0.25) is 0 Å². The maximum absolute atomic E-state index is 11.8. The molecule has 0 unspecified atom stereocenters. The first kappa shape index (κ1) is 16.4. The third-order valence-corrected chi connectivity index (χ3v) is 4.78. The highest BCUT2D eigenvalue weighted by Crippen LogP contribution is 2.25. The van der Waals surface area contributed by atoms with E-state index in [1.54, 1.807) is 0 Å². The van der Waals surface area contributed by atoms with E-state index in [0.29, 0.717) is 5.92 Å². The average Bonchev–Trinajstić information content (AvgIpc) is 2.97. The van der Waals surface area contributed by atoms with Gasteiger partial charge in [-0.2, -0.15) is 0 Å². The van der Waals surface area contributed by atoms with Crippen LogP contribution in [0.5, 0.6) is 0 Å². The van der Waals surface area contributed by atoms with Crippen LogP contribution in [0.15, 0.2) is 12.1 Å². The van der Waals surface area contributed by atoms with Crippen molar-refractivity contribution < 1.29 is 19.2 Å². The van der Waals surface area contributed by atoms with Crippen molar-refractivity contribution in [1.82, 2.24) is 5.32 Å². The van der Waals surface area contributed by atoms with Crippen molar-refractivity contribution in [1.29, 1.82) is 0 Å². The Kier molecular flexibility index (Phi) is 5.48. The number of hydrogen-bond donors (Lipinski definition) is 1. The van der Waals surface area contributed by atoms with Crippen molar-refractivity contribution in [2.45, 2.75) is 38.6 Å². The topological polar surface area (TPSA) is 98.5 Å². The van der Waals surface area contributed by atoms with Gasteiger partial charge in [0.05, 0.1) is 4.92 Å². The van der Waals surface area contributed by atoms with Crippen molar-refractivity contribution in [3.8, 4) is 0 Å². The highest BCUT2D eigenvalue weighted by atomic mass is 32.1. The van der Waals surface area contributed by atoms with Crippen LogP contribution < -0.4 is 5.32 Å². The van der Waals surface area contributed by atoms with Gasteiger partial charge in [-0.25, -0.2) is 4.79 Å². The first-order chi connectivity index (χ1) is 10.5. The van der Waals surface area contributed by atoms with E-state index >= 15 is 0 Å². The zero-order chi connectivity index (χ0) is 16.1. The molecule has 1 saturated carbocycles. The quantitative estimate of drug-likeness (QED) is 0.509. The van der Waals surface area contributed by atoms with Gasteiger partial charge in [0, 0.05) is 12.1 Å². The third-order valence-electron chi connectivity index (χ3n) is 3.77. The lowest BCUT2D eigenvalue weighted by molar-refractivity contribution is -0.380. The minimum absolute atomic E-state index is 0.116. The Hall–Kier alpha value is -1.96. The SMILES string of the molecule is C[C@H]1CCCC[C@H]1NC(=O)COC(=O)c1ccc([N+](=O)[O-])s1. The van der Waals surface area contributed by atoms with Crippen LogP contribution in [-0.4, -0.2) is 29.4 Å². The Labute approximate surface area is 131 Å². The lowest BCUT2D eigenvalue weighted by Gasteiger charge is -2.29. The fraction of sp³-hybridized carbons (Fsp3) is 0.571. The molecule has 1 N–H and O–H groups in total. The number of hydrogen-bond acceptors (Lipinski definition) is 6. The number of rotatable bonds is 5. The van der Waals surface area contributed by atoms with Gasteiger partial charge in [0.15, 0.2) is 6.61 Å². The van der Waals surface area contributed by atoms with Crippen molar-refractivity contribution >= 4 is 28.2 Å². The van der Waals surface area contributed by atoms with Gasteiger partial charge in [0.2, 0.25) is 0 Å². The molecule has 0 spiro atoms. The minimum Gasteiger partial charge on any atom is -0.451 e. The van der Waals surface area contributed by atoms with Gasteiger partial charge in [-0.05, 0) is 24.8 Å². The van der Waals surface area contributed by atoms with E-state index in [1.807, 2.05) is 0 Å². The third kappa shape index (κ3) is 4.27. The summed E-state index contributed by atoms with van der Waals surface area (Å²) in [5.74, 6) is -0.628. The molecule has 7 nitrogen and oxygen atoms in total. The van der Waals surface area contributed by atoms with Crippen LogP contribution in [0, 0.1) is 16.0 Å². The molecule has 1 amide bonds. The van der Waals surface area contributed by atoms with Crippen LogP contribution in [0.25, 0.3) is 0 Å². The highest BCUT2D eigenvalue weighted by Gasteiger charge is 2.23. The average molecular weight is 326 g/mol. The Morgan fingerprint density at radius 1 is 1.41 bits per heavy atom. The molecule has 1 aromatic heterocycles. The molecular weight excluding hydrogens is 308 g/mol. The van der Waals surface area contributed by atoms with E-state index in [-0.39, 0.29) is 28.4 Å². The first-order valence-electron chi connectivity index (χ1n) is 7.18. The van der Waals surface area contributed by atoms with E-state index in [0.717, 1.165) is 30.6 Å². The van der Waals surface area contributed by atoms with Crippen LogP contribution in [0.1, 0.15) is 42.3 Å². The van der Waals surface area contributed by atoms with Crippen molar-refractivity contribution in [3.63, 3.8) is 0 Å². The van der Waals surface area contributed by atoms with Crippen molar-refractivity contribution in [3.05, 3.63) is 27.1 Å². The van der Waals surface area contributed by atoms with Gasteiger partial charge in [0.25, 0.3) is 5.91 Å². The second-order valence-corrected chi connectivity index (χ2v) is 6.47. The standard InChI is InChI=1S/C14H18N2O5S/c1-9-4-2-3-5-10(9)15-12(17)8-21-14(18)11-6-7-13(22-11)16(19)20/h6-7,9-10H,2-5,8H2,1H3,(H,15,17)/t9-,10+/m0/s1. The molecule has 22 heavy (non-hydrogen) atoms. The number of carbonyl (C=O) groups excluding carboxylic acids is 2. The number of ether oxygens (including phenoxy) is 1. The summed E-state index contributed by atoms with van der Waals surface area (Å²) in [6.45, 7) is 1.73. The summed E-state index contributed by atoms with van der Waals surface area (Å²) in [6.07, 6.45) is 4.30. The van der Waals surface area contributed by atoms with Gasteiger partial charge < -0.3 is 10.1 Å². The second-order valence-electron chi connectivity index (χ2n) is 5.41. The Balaban J connectivity index is 1.79. The van der Waals surface area contributed by atoms with Crippen LogP contribution in [-0.2, 0) is 9.53 Å². The van der Waals surface area contributed by atoms with Gasteiger partial charge in [-0.3, -0.25) is 14.9 Å². The molecule has 0 aliphatic heterocycles. The lowest BCUT2D eigenvalue weighted by atomic mass is 9.86. The van der Waals surface area contributed by atoms with E-state index < -0.39 is 10.9 Å². The summed E-state index contributed by atoms with van der Waals surface area (Å²) in [5, 5.41) is 13.3. The normalized spacial score (nSPS) is 21.1. The molecule has 1 aromatic rings. The lowest BCUT2D eigenvalue weighted by Crippen LogP contribution is -2.42. The second kappa shape index (κ2) is 7.35. The van der Waals surface area contributed by atoms with Crippen LogP contribution in [0.4, 0.5) is 5.00 Å². The maximum atomic E-state index is 11.8. The molecule has 0 radical (unpaired) electrons. The smallest absolute Gasteiger partial charge is 0.349 e. The van der Waals surface area contributed by atoms with Gasteiger partial charge in [-0.1, -0.05) is 31.1 Å². The van der Waals surface area contributed by atoms with E-state index in [2.05, 4.69) is 12.2 Å². The zero-order valence-electron chi connectivity index (χ0n) is 12.2. The summed E-state index contributed by atoms with van der Waals surface area (Å²) in [5.41, 5.74) is 0. The monoisotopic (exact) mass is 326 g/mol. The molecule has 2 rings (SSSR count). The summed E-state index contributed by atoms with van der Waals surface area (Å²) in [6, 6.07) is 2.69. The fourth-order valence-corrected chi connectivity index (χ4v) is 3.23. The summed E-state index contributed by atoms with van der Waals surface area (Å²) >= 11 is 0.731. The number of esters is 1. The largest absolute Gasteiger partial charge is 0.451 e. The molecule has 8 heteroatoms. The molecule has 0 saturated heterocycles. The molecule has 0 bridgehead atoms. The molecular formula is C14H18N2O5S. The predicted octanol–water partition coefficient (Wildman–Crippen LogP) is 2.51. The molecule has 1 aliphatic rings. The van der Waals surface area contributed by atoms with Gasteiger partial charge in [0.1, 0.15) is 4.88 Å². The molecule has 1 fully saturated rings. The molecule has 1 aliphatic carbocycles. The molecule has 0 aromatic carbocycles. The Bertz CT molecular complexity index is 571. The van der Waals surface area contributed by atoms with Crippen LogP contribution >= 0.6 is 11.3 Å². The van der Waals surface area contributed by atoms with Crippen molar-refractivity contribution in [2.24, 2.45) is 5.92 Å². The maximum Gasteiger partial charge on any atom is 0.349 e. The predicted molar refractivity (Wildman–Crippen MR) is 80.8 cm³/mol. The number of thiophene rings is 1. The first-order valence-corrected chi connectivity index (χ1v) is 7.99. The zero-order valence-corrected chi connectivity index (χ0v) is 13.1. The number of amides is 1. The fourth-order valence-electron chi connectivity index (χ4n) is 2.52. The number of nitrogens with one attached hydrogen (secondary N) is 1. The van der Waals surface area contributed by atoms with E-state index in [4.69, 9.17) is 4.74 Å². The molecule has 2 atom stereocenters. The van der Waals surface area contributed by atoms with Gasteiger partial charge >= 0.3 is 11.0 Å². The Morgan fingerprint density at radius 2 is 2.14 bits per heavy atom. The minimum atomic E-state index is -0.718. The van der Waals surface area contributed by atoms with E-state index in [1.165, 1.54) is 18.6 Å². The summed E-state index contributed by atoms with van der Waals surface area (Å²) < 4.78 is 4.90. The van der Waals surface area contributed by atoms with Crippen LogP contribution in [0.3, 0.4) is 0 Å². The molecule has 1 heterocycles. The molecule has 120 valence electrons. The number of nitrogens with zero attached hydrogens (tertiary/aromatic N) is 1.